The number of benzene rings is 1. The first-order chi connectivity index (χ1) is 11.2. The molecule has 3 N–H and O–H groups in total. The zero-order valence-electron chi connectivity index (χ0n) is 14.3. The molecule has 23 heavy (non-hydrogen) atoms. The highest BCUT2D eigenvalue weighted by molar-refractivity contribution is 5.29. The van der Waals surface area contributed by atoms with Gasteiger partial charge in [0, 0.05) is 25.7 Å². The molecule has 1 fully saturated rings. The lowest BCUT2D eigenvalue weighted by Crippen LogP contribution is -2.33. The Bertz CT molecular complexity index is 432. The fourth-order valence-corrected chi connectivity index (χ4v) is 3.15. The number of rotatable bonds is 9. The Morgan fingerprint density at radius 3 is 2.52 bits per heavy atom. The first kappa shape index (κ1) is 18.2. The Balaban J connectivity index is 1.81. The van der Waals surface area contributed by atoms with Gasteiger partial charge in [0.15, 0.2) is 0 Å². The van der Waals surface area contributed by atoms with Gasteiger partial charge < -0.3 is 15.6 Å². The van der Waals surface area contributed by atoms with Crippen molar-refractivity contribution in [3.05, 3.63) is 29.8 Å². The largest absolute Gasteiger partial charge is 0.492 e. The van der Waals surface area contributed by atoms with Gasteiger partial charge in [-0.15, -0.1) is 0 Å². The summed E-state index contributed by atoms with van der Waals surface area (Å²) in [4.78, 5) is 4.55. The average molecular weight is 321 g/mol. The summed E-state index contributed by atoms with van der Waals surface area (Å²) in [6.07, 6.45) is 4.00. The molecule has 0 radical (unpaired) electrons. The predicted molar refractivity (Wildman–Crippen MR) is 93.7 cm³/mol. The minimum absolute atomic E-state index is 0.129. The van der Waals surface area contributed by atoms with Crippen LogP contribution < -0.4 is 10.5 Å². The molecule has 1 aliphatic rings. The van der Waals surface area contributed by atoms with Crippen molar-refractivity contribution < 1.29 is 9.84 Å². The molecule has 1 aliphatic heterocycles. The maximum Gasteiger partial charge on any atom is 0.119 e. The minimum Gasteiger partial charge on any atom is -0.492 e. The first-order valence-corrected chi connectivity index (χ1v) is 8.71. The summed E-state index contributed by atoms with van der Waals surface area (Å²) in [5.41, 5.74) is 7.04. The summed E-state index contributed by atoms with van der Waals surface area (Å²) in [5, 5.41) is 9.07. The van der Waals surface area contributed by atoms with E-state index in [1.54, 1.807) is 0 Å². The quantitative estimate of drug-likeness (QED) is 0.721. The van der Waals surface area contributed by atoms with E-state index >= 15 is 0 Å². The van der Waals surface area contributed by atoms with Crippen LogP contribution in [0.4, 0.5) is 0 Å². The van der Waals surface area contributed by atoms with Crippen molar-refractivity contribution in [2.45, 2.75) is 25.3 Å². The lowest BCUT2D eigenvalue weighted by atomic mass is 10.1. The highest BCUT2D eigenvalue weighted by Gasteiger charge is 2.15. The molecule has 130 valence electrons. The van der Waals surface area contributed by atoms with Crippen LogP contribution in [0.15, 0.2) is 24.3 Å². The van der Waals surface area contributed by atoms with Gasteiger partial charge in [0.25, 0.3) is 0 Å². The van der Waals surface area contributed by atoms with E-state index in [-0.39, 0.29) is 12.6 Å². The van der Waals surface area contributed by atoms with Crippen LogP contribution in [0.25, 0.3) is 0 Å². The van der Waals surface area contributed by atoms with E-state index in [1.807, 2.05) is 19.2 Å². The van der Waals surface area contributed by atoms with Crippen LogP contribution in [-0.4, -0.2) is 67.9 Å². The van der Waals surface area contributed by atoms with Gasteiger partial charge in [0.1, 0.15) is 12.4 Å². The molecule has 0 aliphatic carbocycles. The molecule has 5 nitrogen and oxygen atoms in total. The Labute approximate surface area is 140 Å². The first-order valence-electron chi connectivity index (χ1n) is 8.71. The SMILES string of the molecule is CN(CCO)C(CN)c1ccc(OCCN2CCCCC2)cc1. The summed E-state index contributed by atoms with van der Waals surface area (Å²) in [6, 6.07) is 8.30. The molecule has 0 bridgehead atoms. The normalized spacial score (nSPS) is 17.4. The van der Waals surface area contributed by atoms with E-state index in [1.165, 1.54) is 32.4 Å². The lowest BCUT2D eigenvalue weighted by molar-refractivity contribution is 0.181. The molecule has 0 amide bonds. The lowest BCUT2D eigenvalue weighted by Gasteiger charge is -2.27. The average Bonchev–Trinajstić information content (AvgIpc) is 2.58. The highest BCUT2D eigenvalue weighted by Crippen LogP contribution is 2.21. The number of likely N-dealkylation sites (tertiary alicyclic amines) is 1. The Hall–Kier alpha value is -1.14. The van der Waals surface area contributed by atoms with Crippen molar-refractivity contribution in [1.82, 2.24) is 9.80 Å². The maximum absolute atomic E-state index is 9.07. The smallest absolute Gasteiger partial charge is 0.119 e. The molecule has 5 heteroatoms. The summed E-state index contributed by atoms with van der Waals surface area (Å²) >= 11 is 0. The van der Waals surface area contributed by atoms with E-state index in [9.17, 15) is 0 Å². The second-order valence-corrected chi connectivity index (χ2v) is 6.28. The number of aliphatic hydroxyl groups is 1. The number of likely N-dealkylation sites (N-methyl/N-ethyl adjacent to an activating group) is 1. The Morgan fingerprint density at radius 2 is 1.91 bits per heavy atom. The van der Waals surface area contributed by atoms with Crippen molar-refractivity contribution in [1.29, 1.82) is 0 Å². The Morgan fingerprint density at radius 1 is 1.22 bits per heavy atom. The van der Waals surface area contributed by atoms with Crippen molar-refractivity contribution in [2.24, 2.45) is 5.73 Å². The van der Waals surface area contributed by atoms with Crippen molar-refractivity contribution in [3.63, 3.8) is 0 Å². The van der Waals surface area contributed by atoms with Crippen molar-refractivity contribution in [3.8, 4) is 5.75 Å². The van der Waals surface area contributed by atoms with E-state index in [0.29, 0.717) is 13.1 Å². The standard InChI is InChI=1S/C18H31N3O2/c1-20(11-13-22)18(15-19)16-5-7-17(8-6-16)23-14-12-21-9-3-2-4-10-21/h5-8,18,22H,2-4,9-15,19H2,1H3. The molecular formula is C18H31N3O2. The molecule has 2 rings (SSSR count). The summed E-state index contributed by atoms with van der Waals surface area (Å²) in [6.45, 7) is 5.46. The molecule has 0 saturated carbocycles. The monoisotopic (exact) mass is 321 g/mol. The van der Waals surface area contributed by atoms with Gasteiger partial charge in [-0.05, 0) is 50.7 Å². The molecule has 1 aromatic rings. The minimum atomic E-state index is 0.129. The number of hydrogen-bond acceptors (Lipinski definition) is 5. The highest BCUT2D eigenvalue weighted by atomic mass is 16.5. The number of ether oxygens (including phenoxy) is 1. The molecule has 1 saturated heterocycles. The second-order valence-electron chi connectivity index (χ2n) is 6.28. The summed E-state index contributed by atoms with van der Waals surface area (Å²) in [7, 11) is 1.98. The third-order valence-electron chi connectivity index (χ3n) is 4.60. The molecule has 1 heterocycles. The fraction of sp³-hybridized carbons (Fsp3) is 0.667. The maximum atomic E-state index is 9.07. The third kappa shape index (κ3) is 5.77. The van der Waals surface area contributed by atoms with Crippen LogP contribution in [0.3, 0.4) is 0 Å². The number of piperidine rings is 1. The van der Waals surface area contributed by atoms with E-state index in [2.05, 4.69) is 21.9 Å². The van der Waals surface area contributed by atoms with E-state index < -0.39 is 0 Å². The van der Waals surface area contributed by atoms with Crippen molar-refractivity contribution in [2.75, 3.05) is 53.0 Å². The van der Waals surface area contributed by atoms with E-state index in [4.69, 9.17) is 15.6 Å². The summed E-state index contributed by atoms with van der Waals surface area (Å²) in [5.74, 6) is 0.909. The topological polar surface area (TPSA) is 62.0 Å². The van der Waals surface area contributed by atoms with Gasteiger partial charge in [-0.1, -0.05) is 18.6 Å². The van der Waals surface area contributed by atoms with Gasteiger partial charge in [0.2, 0.25) is 0 Å². The van der Waals surface area contributed by atoms with Gasteiger partial charge in [-0.3, -0.25) is 9.80 Å². The third-order valence-corrected chi connectivity index (χ3v) is 4.60. The van der Waals surface area contributed by atoms with Crippen LogP contribution in [0.1, 0.15) is 30.9 Å². The van der Waals surface area contributed by atoms with Crippen LogP contribution in [-0.2, 0) is 0 Å². The van der Waals surface area contributed by atoms with Gasteiger partial charge >= 0.3 is 0 Å². The predicted octanol–water partition coefficient (Wildman–Crippen LogP) is 1.48. The number of nitrogens with two attached hydrogens (primary N) is 1. The van der Waals surface area contributed by atoms with E-state index in [0.717, 1.165) is 24.5 Å². The second kappa shape index (κ2) is 9.88. The molecular weight excluding hydrogens is 290 g/mol. The van der Waals surface area contributed by atoms with Gasteiger partial charge in [-0.2, -0.15) is 0 Å². The number of nitrogens with zero attached hydrogens (tertiary/aromatic N) is 2. The number of aliphatic hydroxyl groups excluding tert-OH is 1. The van der Waals surface area contributed by atoms with Gasteiger partial charge in [-0.25, -0.2) is 0 Å². The zero-order valence-corrected chi connectivity index (χ0v) is 14.3. The Kier molecular flexibility index (Phi) is 7.82. The molecule has 0 aromatic heterocycles. The molecule has 1 atom stereocenters. The molecule has 0 spiro atoms. The van der Waals surface area contributed by atoms with Crippen LogP contribution in [0, 0.1) is 0 Å². The summed E-state index contributed by atoms with van der Waals surface area (Å²) < 4.78 is 5.86. The van der Waals surface area contributed by atoms with Crippen LogP contribution in [0.5, 0.6) is 5.75 Å². The van der Waals surface area contributed by atoms with Crippen LogP contribution in [0.2, 0.25) is 0 Å². The fourth-order valence-electron chi connectivity index (χ4n) is 3.15. The number of hydrogen-bond donors (Lipinski definition) is 2. The van der Waals surface area contributed by atoms with Crippen molar-refractivity contribution >= 4 is 0 Å². The van der Waals surface area contributed by atoms with Gasteiger partial charge in [0.05, 0.1) is 6.61 Å². The molecule has 1 unspecified atom stereocenters. The zero-order chi connectivity index (χ0) is 16.5. The van der Waals surface area contributed by atoms with Crippen LogP contribution >= 0.6 is 0 Å². The molecule has 1 aromatic carbocycles.